The summed E-state index contributed by atoms with van der Waals surface area (Å²) in [5, 5.41) is 13.3. The topological polar surface area (TPSA) is 84.7 Å². The Morgan fingerprint density at radius 1 is 1.45 bits per heavy atom. The van der Waals surface area contributed by atoms with E-state index in [1.807, 2.05) is 0 Å². The average molecular weight is 281 g/mol. The molecule has 0 radical (unpaired) electrons. The van der Waals surface area contributed by atoms with E-state index < -0.39 is 23.6 Å². The Morgan fingerprint density at radius 3 is 2.65 bits per heavy atom. The van der Waals surface area contributed by atoms with Crippen molar-refractivity contribution in [2.45, 2.75) is 32.8 Å². The summed E-state index contributed by atoms with van der Waals surface area (Å²) < 4.78 is 6.93. The van der Waals surface area contributed by atoms with Crippen LogP contribution in [-0.2, 0) is 23.0 Å². The molecule has 1 aliphatic heterocycles. The molecule has 1 N–H and O–H groups in total. The van der Waals surface area contributed by atoms with Crippen molar-refractivity contribution in [3.8, 4) is 0 Å². The van der Waals surface area contributed by atoms with Gasteiger partial charge in [0, 0.05) is 20.0 Å². The number of amides is 1. The van der Waals surface area contributed by atoms with Crippen molar-refractivity contribution in [1.29, 1.82) is 0 Å². The summed E-state index contributed by atoms with van der Waals surface area (Å²) in [7, 11) is 1.73. The Balaban J connectivity index is 2.32. The Kier molecular flexibility index (Phi) is 3.45. The molecule has 0 aliphatic carbocycles. The van der Waals surface area contributed by atoms with Crippen LogP contribution in [0.4, 0.5) is 10.5 Å². The van der Waals surface area contributed by atoms with Gasteiger partial charge in [-0.05, 0) is 20.8 Å². The molecule has 0 spiro atoms. The van der Waals surface area contributed by atoms with Gasteiger partial charge in [-0.2, -0.15) is 5.10 Å². The predicted molar refractivity (Wildman–Crippen MR) is 71.6 cm³/mol. The highest BCUT2D eigenvalue weighted by Crippen LogP contribution is 2.30. The van der Waals surface area contributed by atoms with Crippen LogP contribution in [-0.4, -0.2) is 39.1 Å². The number of aryl methyl sites for hydroxylation is 1. The van der Waals surface area contributed by atoms with Gasteiger partial charge in [0.2, 0.25) is 0 Å². The Bertz CT molecular complexity index is 544. The minimum atomic E-state index is -0.926. The third-order valence-corrected chi connectivity index (χ3v) is 3.14. The lowest BCUT2D eigenvalue weighted by Crippen LogP contribution is -2.45. The van der Waals surface area contributed by atoms with Gasteiger partial charge < -0.3 is 9.84 Å². The summed E-state index contributed by atoms with van der Waals surface area (Å²) in [6.45, 7) is 5.41. The number of anilines is 1. The number of fused-ring (bicyclic) bond motifs is 1. The number of carbonyl (C=O) groups is 2. The smallest absolute Gasteiger partial charge is 0.414 e. The Morgan fingerprint density at radius 2 is 2.10 bits per heavy atom. The van der Waals surface area contributed by atoms with Crippen molar-refractivity contribution in [2.24, 2.45) is 13.0 Å². The highest BCUT2D eigenvalue weighted by atomic mass is 16.6. The minimum absolute atomic E-state index is 0.100. The molecule has 0 fully saturated rings. The van der Waals surface area contributed by atoms with Crippen LogP contribution >= 0.6 is 0 Å². The quantitative estimate of drug-likeness (QED) is 0.841. The lowest BCUT2D eigenvalue weighted by atomic mass is 9.97. The number of ether oxygens (including phenoxy) is 1. The van der Waals surface area contributed by atoms with Crippen molar-refractivity contribution in [3.05, 3.63) is 11.9 Å². The first-order chi connectivity index (χ1) is 9.19. The molecule has 1 aromatic rings. The molecule has 0 aromatic carbocycles. The molecular weight excluding hydrogens is 262 g/mol. The summed E-state index contributed by atoms with van der Waals surface area (Å²) in [6, 6.07) is 0. The maximum absolute atomic E-state index is 12.2. The first-order valence-corrected chi connectivity index (χ1v) is 6.43. The molecule has 0 saturated carbocycles. The third kappa shape index (κ3) is 2.76. The molecule has 110 valence electrons. The van der Waals surface area contributed by atoms with Gasteiger partial charge in [0.05, 0.1) is 23.5 Å². The van der Waals surface area contributed by atoms with Gasteiger partial charge in [-0.15, -0.1) is 0 Å². The molecule has 1 amide bonds. The van der Waals surface area contributed by atoms with E-state index in [1.165, 1.54) is 4.90 Å². The second-order valence-electron chi connectivity index (χ2n) is 5.93. The van der Waals surface area contributed by atoms with Crippen LogP contribution in [0.1, 0.15) is 26.5 Å². The second-order valence-corrected chi connectivity index (χ2v) is 5.93. The number of carboxylic acid groups (broad SMARTS) is 1. The van der Waals surface area contributed by atoms with Crippen molar-refractivity contribution in [1.82, 2.24) is 9.78 Å². The van der Waals surface area contributed by atoms with E-state index in [1.54, 1.807) is 38.7 Å². The number of carbonyl (C=O) groups excluding carboxylic acids is 1. The van der Waals surface area contributed by atoms with Crippen molar-refractivity contribution >= 4 is 17.7 Å². The number of aliphatic carboxylic acids is 1. The summed E-state index contributed by atoms with van der Waals surface area (Å²) in [4.78, 5) is 24.8. The van der Waals surface area contributed by atoms with Gasteiger partial charge >= 0.3 is 12.1 Å². The van der Waals surface area contributed by atoms with Crippen LogP contribution in [0.2, 0.25) is 0 Å². The number of hydrogen-bond acceptors (Lipinski definition) is 4. The Labute approximate surface area is 117 Å². The first-order valence-electron chi connectivity index (χ1n) is 6.43. The number of hydrogen-bond donors (Lipinski definition) is 1. The largest absolute Gasteiger partial charge is 0.481 e. The Hall–Kier alpha value is -2.05. The van der Waals surface area contributed by atoms with E-state index in [0.717, 1.165) is 5.69 Å². The summed E-state index contributed by atoms with van der Waals surface area (Å²) in [5.74, 6) is -1.57. The number of aromatic nitrogens is 2. The molecule has 1 unspecified atom stereocenters. The molecule has 1 atom stereocenters. The molecule has 0 saturated heterocycles. The van der Waals surface area contributed by atoms with E-state index >= 15 is 0 Å². The molecular formula is C13H19N3O4. The van der Waals surface area contributed by atoms with Gasteiger partial charge in [0.15, 0.2) is 0 Å². The molecule has 2 heterocycles. The van der Waals surface area contributed by atoms with Gasteiger partial charge in [-0.25, -0.2) is 4.79 Å². The van der Waals surface area contributed by atoms with Crippen LogP contribution in [0.3, 0.4) is 0 Å². The van der Waals surface area contributed by atoms with E-state index in [0.29, 0.717) is 12.1 Å². The number of nitrogens with zero attached hydrogens (tertiary/aromatic N) is 3. The van der Waals surface area contributed by atoms with Crippen LogP contribution in [0, 0.1) is 5.92 Å². The van der Waals surface area contributed by atoms with Crippen LogP contribution in [0.15, 0.2) is 6.20 Å². The van der Waals surface area contributed by atoms with Crippen LogP contribution in [0.25, 0.3) is 0 Å². The van der Waals surface area contributed by atoms with Gasteiger partial charge in [0.25, 0.3) is 0 Å². The fourth-order valence-electron chi connectivity index (χ4n) is 2.19. The highest BCUT2D eigenvalue weighted by Gasteiger charge is 2.36. The van der Waals surface area contributed by atoms with Crippen LogP contribution in [0.5, 0.6) is 0 Å². The van der Waals surface area contributed by atoms with Gasteiger partial charge in [-0.3, -0.25) is 14.4 Å². The SMILES string of the molecule is Cn1ncc2c1CC(C(=O)O)CN2C(=O)OC(C)(C)C. The average Bonchev–Trinajstić information content (AvgIpc) is 2.68. The van der Waals surface area contributed by atoms with Crippen molar-refractivity contribution in [3.63, 3.8) is 0 Å². The van der Waals surface area contributed by atoms with Gasteiger partial charge in [0.1, 0.15) is 5.60 Å². The number of rotatable bonds is 1. The van der Waals surface area contributed by atoms with Crippen LogP contribution < -0.4 is 4.90 Å². The van der Waals surface area contributed by atoms with Crippen molar-refractivity contribution in [2.75, 3.05) is 11.4 Å². The molecule has 0 bridgehead atoms. The molecule has 2 rings (SSSR count). The summed E-state index contributed by atoms with van der Waals surface area (Å²) >= 11 is 0. The van der Waals surface area contributed by atoms with E-state index in [2.05, 4.69) is 5.10 Å². The normalized spacial score (nSPS) is 18.6. The standard InChI is InChI=1S/C13H19N3O4/c1-13(2,3)20-12(19)16-7-8(11(17)18)5-9-10(16)6-14-15(9)4/h6,8H,5,7H2,1-4H3,(H,17,18). The second kappa shape index (κ2) is 4.81. The molecule has 7 nitrogen and oxygen atoms in total. The van der Waals surface area contributed by atoms with Gasteiger partial charge in [-0.1, -0.05) is 0 Å². The zero-order chi connectivity index (χ0) is 15.1. The lowest BCUT2D eigenvalue weighted by molar-refractivity contribution is -0.141. The zero-order valence-corrected chi connectivity index (χ0v) is 12.1. The third-order valence-electron chi connectivity index (χ3n) is 3.14. The predicted octanol–water partition coefficient (Wildman–Crippen LogP) is 1.42. The molecule has 7 heteroatoms. The van der Waals surface area contributed by atoms with E-state index in [-0.39, 0.29) is 6.54 Å². The highest BCUT2D eigenvalue weighted by molar-refractivity contribution is 5.90. The summed E-state index contributed by atoms with van der Waals surface area (Å²) in [5.41, 5.74) is 0.726. The number of carboxylic acids is 1. The fraction of sp³-hybridized carbons (Fsp3) is 0.615. The molecule has 20 heavy (non-hydrogen) atoms. The lowest BCUT2D eigenvalue weighted by Gasteiger charge is -2.32. The maximum Gasteiger partial charge on any atom is 0.414 e. The first kappa shape index (κ1) is 14.4. The summed E-state index contributed by atoms with van der Waals surface area (Å²) in [6.07, 6.45) is 1.38. The van der Waals surface area contributed by atoms with E-state index in [4.69, 9.17) is 4.74 Å². The fourth-order valence-corrected chi connectivity index (χ4v) is 2.19. The minimum Gasteiger partial charge on any atom is -0.481 e. The van der Waals surface area contributed by atoms with E-state index in [9.17, 15) is 14.7 Å². The molecule has 1 aliphatic rings. The monoisotopic (exact) mass is 281 g/mol. The zero-order valence-electron chi connectivity index (χ0n) is 12.1. The molecule has 1 aromatic heterocycles. The van der Waals surface area contributed by atoms with Crippen molar-refractivity contribution < 1.29 is 19.4 Å². The maximum atomic E-state index is 12.2.